The van der Waals surface area contributed by atoms with Crippen LogP contribution in [0.2, 0.25) is 0 Å². The SMILES string of the molecule is CN1CCCC1CCNC(=O)c1cn2c3c(c(NC4CN5CCC56CC[C@@H]46)c(F)cc3c1=O)Oc1cc3ccccc3cc1-2. The van der Waals surface area contributed by atoms with Crippen LogP contribution in [0.3, 0.4) is 0 Å². The van der Waals surface area contributed by atoms with Crippen LogP contribution < -0.4 is 20.8 Å². The highest BCUT2D eigenvalue weighted by atomic mass is 19.1. The van der Waals surface area contributed by atoms with Crippen LogP contribution in [0.5, 0.6) is 11.5 Å². The third-order valence-electron chi connectivity index (χ3n) is 11.4. The van der Waals surface area contributed by atoms with E-state index in [2.05, 4.69) is 27.5 Å². The summed E-state index contributed by atoms with van der Waals surface area (Å²) >= 11 is 0. The number of amides is 1. The van der Waals surface area contributed by atoms with Crippen molar-refractivity contribution in [2.45, 2.75) is 56.1 Å². The Balaban J connectivity index is 1.15. The number of likely N-dealkylation sites (tertiary alicyclic amines) is 1. The minimum absolute atomic E-state index is 0.000854. The van der Waals surface area contributed by atoms with E-state index in [0.29, 0.717) is 41.2 Å². The predicted molar refractivity (Wildman–Crippen MR) is 169 cm³/mol. The van der Waals surface area contributed by atoms with E-state index >= 15 is 4.39 Å². The number of benzene rings is 3. The van der Waals surface area contributed by atoms with Crippen LogP contribution in [0.15, 0.2) is 53.5 Å². The van der Waals surface area contributed by atoms with Crippen molar-refractivity contribution in [2.75, 3.05) is 38.5 Å². The first-order valence-corrected chi connectivity index (χ1v) is 16.0. The van der Waals surface area contributed by atoms with Gasteiger partial charge in [-0.1, -0.05) is 24.3 Å². The molecule has 1 aliphatic carbocycles. The Morgan fingerprint density at radius 3 is 2.66 bits per heavy atom. The van der Waals surface area contributed by atoms with E-state index in [4.69, 9.17) is 4.74 Å². The van der Waals surface area contributed by atoms with Crippen LogP contribution in [0.4, 0.5) is 10.1 Å². The largest absolute Gasteiger partial charge is 0.451 e. The molecule has 3 saturated heterocycles. The van der Waals surface area contributed by atoms with Gasteiger partial charge in [0.1, 0.15) is 16.8 Å². The van der Waals surface area contributed by atoms with Gasteiger partial charge in [-0.25, -0.2) is 4.39 Å². The lowest BCUT2D eigenvalue weighted by molar-refractivity contribution is -0.0666. The summed E-state index contributed by atoms with van der Waals surface area (Å²) in [6.07, 6.45) is 8.26. The smallest absolute Gasteiger partial charge is 0.256 e. The van der Waals surface area contributed by atoms with E-state index in [9.17, 15) is 9.59 Å². The molecule has 8 nitrogen and oxygen atoms in total. The van der Waals surface area contributed by atoms with Crippen molar-refractivity contribution in [3.05, 3.63) is 70.3 Å². The first-order chi connectivity index (χ1) is 21.4. The number of nitrogens with one attached hydrogen (secondary N) is 2. The van der Waals surface area contributed by atoms with Gasteiger partial charge >= 0.3 is 0 Å². The highest BCUT2D eigenvalue weighted by molar-refractivity contribution is 6.02. The number of carbonyl (C=O) groups is 1. The molecule has 4 fully saturated rings. The van der Waals surface area contributed by atoms with Crippen LogP contribution in [0.1, 0.15) is 48.9 Å². The number of halogens is 1. The number of ether oxygens (including phenoxy) is 1. The minimum atomic E-state index is -0.537. The molecule has 2 N–H and O–H groups in total. The molecule has 9 rings (SSSR count). The molecule has 0 bridgehead atoms. The van der Waals surface area contributed by atoms with Crippen LogP contribution >= 0.6 is 0 Å². The van der Waals surface area contributed by atoms with Gasteiger partial charge in [0, 0.05) is 43.5 Å². The van der Waals surface area contributed by atoms with Crippen molar-refractivity contribution in [1.82, 2.24) is 19.7 Å². The van der Waals surface area contributed by atoms with Crippen molar-refractivity contribution in [3.63, 3.8) is 0 Å². The summed E-state index contributed by atoms with van der Waals surface area (Å²) in [6, 6.07) is 13.8. The first kappa shape index (κ1) is 26.5. The lowest BCUT2D eigenvalue weighted by Gasteiger charge is -2.58. The van der Waals surface area contributed by atoms with Crippen LogP contribution in [0.25, 0.3) is 27.4 Å². The molecule has 1 aromatic heterocycles. The van der Waals surface area contributed by atoms with Crippen molar-refractivity contribution >= 4 is 33.3 Å². The van der Waals surface area contributed by atoms with E-state index in [1.165, 1.54) is 18.9 Å². The molecular weight excluding hydrogens is 557 g/mol. The van der Waals surface area contributed by atoms with Gasteiger partial charge in [-0.15, -0.1) is 0 Å². The van der Waals surface area contributed by atoms with Crippen LogP contribution in [0, 0.1) is 11.7 Å². The topological polar surface area (TPSA) is 78.8 Å². The van der Waals surface area contributed by atoms with Gasteiger partial charge in [-0.3, -0.25) is 14.5 Å². The third kappa shape index (κ3) is 3.69. The number of nitrogens with zero attached hydrogens (tertiary/aromatic N) is 3. The molecule has 226 valence electrons. The lowest BCUT2D eigenvalue weighted by atomic mass is 9.61. The van der Waals surface area contributed by atoms with Crippen molar-refractivity contribution in [1.29, 1.82) is 0 Å². The maximum absolute atomic E-state index is 16.2. The highest BCUT2D eigenvalue weighted by Crippen LogP contribution is 2.58. The second-order valence-corrected chi connectivity index (χ2v) is 13.5. The minimum Gasteiger partial charge on any atom is -0.451 e. The van der Waals surface area contributed by atoms with Gasteiger partial charge < -0.3 is 24.8 Å². The predicted octanol–water partition coefficient (Wildman–Crippen LogP) is 5.25. The van der Waals surface area contributed by atoms with Crippen molar-refractivity contribution in [3.8, 4) is 17.2 Å². The van der Waals surface area contributed by atoms with Crippen molar-refractivity contribution < 1.29 is 13.9 Å². The normalized spacial score (nSPS) is 26.8. The van der Waals surface area contributed by atoms with Gasteiger partial charge in [0.25, 0.3) is 5.91 Å². The molecule has 1 saturated carbocycles. The van der Waals surface area contributed by atoms with E-state index in [-0.39, 0.29) is 28.2 Å². The molecule has 4 aliphatic heterocycles. The summed E-state index contributed by atoms with van der Waals surface area (Å²) < 4.78 is 24.6. The molecule has 3 unspecified atom stereocenters. The maximum atomic E-state index is 16.2. The molecule has 44 heavy (non-hydrogen) atoms. The highest BCUT2D eigenvalue weighted by Gasteiger charge is 2.63. The summed E-state index contributed by atoms with van der Waals surface area (Å²) in [6.45, 7) is 3.51. The van der Waals surface area contributed by atoms with Gasteiger partial charge in [-0.2, -0.15) is 0 Å². The Morgan fingerprint density at radius 2 is 1.95 bits per heavy atom. The fourth-order valence-corrected chi connectivity index (χ4v) is 8.84. The Morgan fingerprint density at radius 1 is 1.11 bits per heavy atom. The number of aromatic nitrogens is 1. The van der Waals surface area contributed by atoms with Crippen LogP contribution in [-0.2, 0) is 0 Å². The third-order valence-corrected chi connectivity index (χ3v) is 11.4. The Kier molecular flexibility index (Phi) is 5.73. The van der Waals surface area contributed by atoms with E-state index < -0.39 is 17.2 Å². The number of rotatable bonds is 6. The Hall–Kier alpha value is -3.95. The number of anilines is 1. The first-order valence-electron chi connectivity index (χ1n) is 16.0. The number of hydrogen-bond acceptors (Lipinski definition) is 6. The Labute approximate surface area is 254 Å². The van der Waals surface area contributed by atoms with Crippen LogP contribution in [-0.4, -0.2) is 71.1 Å². The molecule has 5 aliphatic rings. The zero-order chi connectivity index (χ0) is 29.7. The average molecular weight is 594 g/mol. The van der Waals surface area contributed by atoms with E-state index in [0.717, 1.165) is 56.1 Å². The summed E-state index contributed by atoms with van der Waals surface area (Å²) in [5, 5.41) is 8.66. The standard InChI is InChI=1S/C35H36FN5O3/c1-39-13-4-7-22(39)9-12-37-34(43)24-18-41-28-15-20-5-2-3-6-21(20)16-29(28)44-33-30(26(36)17-23(31(33)41)32(24)42)38-27-19-40-14-11-35(40)10-8-25(27)35/h2-3,5-6,15-18,22,25,27,38H,4,7-14,19H2,1H3,(H,37,43)/t22?,25-,27?,35?/m0/s1. The van der Waals surface area contributed by atoms with Gasteiger partial charge in [0.2, 0.25) is 5.43 Å². The summed E-state index contributed by atoms with van der Waals surface area (Å²) in [4.78, 5) is 32.2. The molecule has 4 aromatic rings. The molecule has 5 heterocycles. The van der Waals surface area contributed by atoms with Gasteiger partial charge in [0.15, 0.2) is 17.3 Å². The molecule has 0 radical (unpaired) electrons. The zero-order valence-electron chi connectivity index (χ0n) is 24.9. The lowest BCUT2D eigenvalue weighted by Crippen LogP contribution is -2.64. The monoisotopic (exact) mass is 593 g/mol. The molecule has 1 spiro atoms. The number of hydrogen-bond donors (Lipinski definition) is 2. The molecular formula is C35H36FN5O3. The number of carbonyl (C=O) groups excluding carboxylic acids is 1. The summed E-state index contributed by atoms with van der Waals surface area (Å²) in [5.41, 5.74) is 1.28. The molecule has 4 atom stereocenters. The fourth-order valence-electron chi connectivity index (χ4n) is 8.84. The van der Waals surface area contributed by atoms with Gasteiger partial charge in [-0.05, 0) is 87.0 Å². The van der Waals surface area contributed by atoms with Gasteiger partial charge in [0.05, 0.1) is 11.1 Å². The quantitative estimate of drug-likeness (QED) is 0.280. The second kappa shape index (κ2) is 9.52. The van der Waals surface area contributed by atoms with Crippen molar-refractivity contribution in [2.24, 2.45) is 5.92 Å². The summed E-state index contributed by atoms with van der Waals surface area (Å²) in [5.74, 6) is 0.366. The molecule has 3 aromatic carbocycles. The number of fused-ring (bicyclic) bond motifs is 3. The second-order valence-electron chi connectivity index (χ2n) is 13.5. The fraction of sp³-hybridized carbons (Fsp3) is 0.429. The molecule has 1 amide bonds. The zero-order valence-corrected chi connectivity index (χ0v) is 24.9. The van der Waals surface area contributed by atoms with E-state index in [1.54, 1.807) is 6.20 Å². The number of pyridine rings is 1. The maximum Gasteiger partial charge on any atom is 0.256 e. The Bertz CT molecular complexity index is 1940. The summed E-state index contributed by atoms with van der Waals surface area (Å²) in [7, 11) is 2.11. The molecule has 9 heteroatoms. The van der Waals surface area contributed by atoms with E-state index in [1.807, 2.05) is 41.0 Å². The average Bonchev–Trinajstić information content (AvgIpc) is 3.45.